The number of amides is 3. The van der Waals surface area contributed by atoms with Crippen LogP contribution in [0.1, 0.15) is 16.8 Å². The minimum atomic E-state index is -0.946. The largest absolute Gasteiger partial charge is 0.340 e. The van der Waals surface area contributed by atoms with E-state index in [0.717, 1.165) is 0 Å². The number of fused-ring (bicyclic) bond motifs is 1. The van der Waals surface area contributed by atoms with Crippen molar-refractivity contribution in [2.45, 2.75) is 12.5 Å². The fourth-order valence-electron chi connectivity index (χ4n) is 2.32. The molecule has 8 nitrogen and oxygen atoms in total. The number of nitrogens with zero attached hydrogens (tertiary/aromatic N) is 2. The van der Waals surface area contributed by atoms with Crippen molar-refractivity contribution < 1.29 is 14.4 Å². The Morgan fingerprint density at radius 1 is 1.30 bits per heavy atom. The maximum atomic E-state index is 12.2. The molecule has 118 valence electrons. The average molecular weight is 313 g/mol. The third-order valence-electron chi connectivity index (χ3n) is 3.42. The molecule has 1 aromatic carbocycles. The van der Waals surface area contributed by atoms with Crippen LogP contribution in [0.25, 0.3) is 0 Å². The van der Waals surface area contributed by atoms with Gasteiger partial charge in [0.25, 0.3) is 5.91 Å². The lowest BCUT2D eigenvalue weighted by atomic mass is 10.1. The van der Waals surface area contributed by atoms with Gasteiger partial charge in [0.1, 0.15) is 6.04 Å². The summed E-state index contributed by atoms with van der Waals surface area (Å²) >= 11 is 0. The molecule has 0 saturated heterocycles. The highest BCUT2D eigenvalue weighted by molar-refractivity contribution is 6.11. The van der Waals surface area contributed by atoms with Gasteiger partial charge in [0.2, 0.25) is 11.8 Å². The molecule has 0 aliphatic carbocycles. The number of anilines is 2. The van der Waals surface area contributed by atoms with E-state index in [2.05, 4.69) is 21.0 Å². The highest BCUT2D eigenvalue weighted by atomic mass is 16.2. The van der Waals surface area contributed by atoms with Crippen LogP contribution in [-0.4, -0.2) is 33.5 Å². The van der Waals surface area contributed by atoms with Crippen molar-refractivity contribution in [1.82, 2.24) is 15.1 Å². The minimum Gasteiger partial charge on any atom is -0.340 e. The molecule has 2 heterocycles. The van der Waals surface area contributed by atoms with Crippen LogP contribution >= 0.6 is 0 Å². The Morgan fingerprint density at radius 2 is 2.09 bits per heavy atom. The van der Waals surface area contributed by atoms with Gasteiger partial charge in [0.05, 0.1) is 17.7 Å². The van der Waals surface area contributed by atoms with E-state index in [-0.39, 0.29) is 6.42 Å². The second-order valence-corrected chi connectivity index (χ2v) is 5.19. The SMILES string of the molecule is Cn1ccc(NC(=O)CC2NC(=O)c3ccccc3NC2=O)n1. The van der Waals surface area contributed by atoms with Crippen LogP contribution in [0.3, 0.4) is 0 Å². The van der Waals surface area contributed by atoms with Crippen LogP contribution < -0.4 is 16.0 Å². The number of aryl methyl sites for hydroxylation is 1. The molecular weight excluding hydrogens is 298 g/mol. The monoisotopic (exact) mass is 313 g/mol. The second kappa shape index (κ2) is 5.91. The maximum Gasteiger partial charge on any atom is 0.254 e. The van der Waals surface area contributed by atoms with Crippen molar-refractivity contribution in [2.24, 2.45) is 7.05 Å². The molecule has 23 heavy (non-hydrogen) atoms. The van der Waals surface area contributed by atoms with Gasteiger partial charge in [-0.15, -0.1) is 0 Å². The number of nitrogens with one attached hydrogen (secondary N) is 3. The third-order valence-corrected chi connectivity index (χ3v) is 3.42. The van der Waals surface area contributed by atoms with Gasteiger partial charge in [0, 0.05) is 19.3 Å². The van der Waals surface area contributed by atoms with Gasteiger partial charge in [-0.3, -0.25) is 19.1 Å². The first kappa shape index (κ1) is 14.8. The molecule has 0 fully saturated rings. The summed E-state index contributed by atoms with van der Waals surface area (Å²) in [6, 6.07) is 7.38. The summed E-state index contributed by atoms with van der Waals surface area (Å²) in [7, 11) is 1.73. The van der Waals surface area contributed by atoms with Gasteiger partial charge in [-0.1, -0.05) is 12.1 Å². The van der Waals surface area contributed by atoms with E-state index in [1.165, 1.54) is 0 Å². The Labute approximate surface area is 131 Å². The van der Waals surface area contributed by atoms with Crippen LogP contribution in [0.2, 0.25) is 0 Å². The number of rotatable bonds is 3. The van der Waals surface area contributed by atoms with Crippen molar-refractivity contribution in [3.8, 4) is 0 Å². The predicted octanol–water partition coefficient (Wildman–Crippen LogP) is 0.499. The quantitative estimate of drug-likeness (QED) is 0.767. The molecule has 8 heteroatoms. The number of para-hydroxylation sites is 1. The maximum absolute atomic E-state index is 12.2. The summed E-state index contributed by atoms with van der Waals surface area (Å²) < 4.78 is 1.55. The molecule has 1 aromatic heterocycles. The molecule has 3 rings (SSSR count). The second-order valence-electron chi connectivity index (χ2n) is 5.19. The van der Waals surface area contributed by atoms with E-state index in [1.807, 2.05) is 0 Å². The fraction of sp³-hybridized carbons (Fsp3) is 0.200. The van der Waals surface area contributed by atoms with Gasteiger partial charge in [-0.25, -0.2) is 0 Å². The zero-order valence-corrected chi connectivity index (χ0v) is 12.4. The van der Waals surface area contributed by atoms with Gasteiger partial charge in [-0.05, 0) is 12.1 Å². The number of hydrogen-bond donors (Lipinski definition) is 3. The molecule has 3 N–H and O–H groups in total. The number of carbonyl (C=O) groups is 3. The van der Waals surface area contributed by atoms with Gasteiger partial charge >= 0.3 is 0 Å². The molecule has 3 amide bonds. The summed E-state index contributed by atoms with van der Waals surface area (Å²) in [5.41, 5.74) is 0.802. The Kier molecular flexibility index (Phi) is 3.80. The molecule has 1 aliphatic rings. The molecule has 1 unspecified atom stereocenters. The molecule has 1 aliphatic heterocycles. The number of aromatic nitrogens is 2. The lowest BCUT2D eigenvalue weighted by molar-refractivity contribution is -0.122. The predicted molar refractivity (Wildman–Crippen MR) is 82.8 cm³/mol. The molecule has 1 atom stereocenters. The molecule has 0 saturated carbocycles. The van der Waals surface area contributed by atoms with Crippen molar-refractivity contribution in [3.05, 3.63) is 42.1 Å². The first-order valence-electron chi connectivity index (χ1n) is 7.03. The van der Waals surface area contributed by atoms with Crippen molar-refractivity contribution in [2.75, 3.05) is 10.6 Å². The smallest absolute Gasteiger partial charge is 0.254 e. The first-order chi connectivity index (χ1) is 11.0. The molecular formula is C15H15N5O3. The lowest BCUT2D eigenvalue weighted by Gasteiger charge is -2.13. The van der Waals surface area contributed by atoms with Gasteiger partial charge < -0.3 is 16.0 Å². The van der Waals surface area contributed by atoms with E-state index in [1.54, 1.807) is 48.3 Å². The Morgan fingerprint density at radius 3 is 2.83 bits per heavy atom. The summed E-state index contributed by atoms with van der Waals surface area (Å²) in [4.78, 5) is 36.4. The summed E-state index contributed by atoms with van der Waals surface area (Å²) in [5, 5.41) is 11.8. The zero-order valence-electron chi connectivity index (χ0n) is 12.4. The van der Waals surface area contributed by atoms with Crippen LogP contribution in [0.5, 0.6) is 0 Å². The van der Waals surface area contributed by atoms with Crippen LogP contribution in [-0.2, 0) is 16.6 Å². The summed E-state index contributed by atoms with van der Waals surface area (Å²) in [5.74, 6) is -0.842. The minimum absolute atomic E-state index is 0.178. The summed E-state index contributed by atoms with van der Waals surface area (Å²) in [6.45, 7) is 0. The Hall–Kier alpha value is -3.16. The highest BCUT2D eigenvalue weighted by Crippen LogP contribution is 2.19. The highest BCUT2D eigenvalue weighted by Gasteiger charge is 2.29. The summed E-state index contributed by atoms with van der Waals surface area (Å²) in [6.07, 6.45) is 1.51. The molecule has 0 spiro atoms. The molecule has 0 radical (unpaired) electrons. The molecule has 0 bridgehead atoms. The fourth-order valence-corrected chi connectivity index (χ4v) is 2.32. The van der Waals surface area contributed by atoms with Crippen molar-refractivity contribution in [1.29, 1.82) is 0 Å². The first-order valence-corrected chi connectivity index (χ1v) is 7.03. The van der Waals surface area contributed by atoms with Crippen molar-refractivity contribution >= 4 is 29.2 Å². The Balaban J connectivity index is 1.70. The standard InChI is InChI=1S/C15H15N5O3/c1-20-7-6-12(19-20)18-13(21)8-11-15(23)16-10-5-3-2-4-9(10)14(22)17-11/h2-7,11H,8H2,1H3,(H,16,23)(H,17,22)(H,18,19,21). The number of hydrogen-bond acceptors (Lipinski definition) is 4. The number of carbonyl (C=O) groups excluding carboxylic acids is 3. The lowest BCUT2D eigenvalue weighted by Crippen LogP contribution is -2.43. The van der Waals surface area contributed by atoms with Gasteiger partial charge in [-0.2, -0.15) is 5.10 Å². The number of benzene rings is 1. The normalized spacial score (nSPS) is 16.8. The van der Waals surface area contributed by atoms with Crippen LogP contribution in [0, 0.1) is 0 Å². The molecule has 2 aromatic rings. The van der Waals surface area contributed by atoms with Crippen LogP contribution in [0.15, 0.2) is 36.5 Å². The van der Waals surface area contributed by atoms with E-state index in [9.17, 15) is 14.4 Å². The third kappa shape index (κ3) is 3.20. The van der Waals surface area contributed by atoms with Crippen molar-refractivity contribution in [3.63, 3.8) is 0 Å². The van der Waals surface area contributed by atoms with E-state index >= 15 is 0 Å². The zero-order chi connectivity index (χ0) is 16.4. The van der Waals surface area contributed by atoms with E-state index < -0.39 is 23.8 Å². The average Bonchev–Trinajstić information content (AvgIpc) is 2.86. The van der Waals surface area contributed by atoms with E-state index in [0.29, 0.717) is 17.1 Å². The topological polar surface area (TPSA) is 105 Å². The van der Waals surface area contributed by atoms with Gasteiger partial charge in [0.15, 0.2) is 5.82 Å². The Bertz CT molecular complexity index is 783. The van der Waals surface area contributed by atoms with Crippen LogP contribution in [0.4, 0.5) is 11.5 Å². The van der Waals surface area contributed by atoms with E-state index in [4.69, 9.17) is 0 Å².